The lowest BCUT2D eigenvalue weighted by molar-refractivity contribution is -0.380. The van der Waals surface area contributed by atoms with E-state index in [0.29, 0.717) is 0 Å². The summed E-state index contributed by atoms with van der Waals surface area (Å²) in [4.78, 5) is 0. The van der Waals surface area contributed by atoms with E-state index in [4.69, 9.17) is 0 Å². The molecule has 1 unspecified atom stereocenters. The standard InChI is InChI=1S/C5Cl2F10/c6-1(8,4(7,13)14)2(9,10)3(11,12)5(15,16)17. The van der Waals surface area contributed by atoms with Gasteiger partial charge in [0, 0.05) is 0 Å². The molecule has 0 saturated carbocycles. The van der Waals surface area contributed by atoms with Crippen molar-refractivity contribution in [2.45, 2.75) is 28.5 Å². The normalized spacial score (nSPS) is 19.1. The lowest BCUT2D eigenvalue weighted by Crippen LogP contribution is -2.64. The monoisotopic (exact) mass is 320 g/mol. The summed E-state index contributed by atoms with van der Waals surface area (Å²) in [7, 11) is 0. The minimum Gasteiger partial charge on any atom is -0.211 e. The summed E-state index contributed by atoms with van der Waals surface area (Å²) in [5.41, 5.74) is 0. The van der Waals surface area contributed by atoms with Gasteiger partial charge in [-0.15, -0.1) is 0 Å². The summed E-state index contributed by atoms with van der Waals surface area (Å²) in [6.07, 6.45) is -7.00. The van der Waals surface area contributed by atoms with Crippen molar-refractivity contribution in [2.75, 3.05) is 0 Å². The van der Waals surface area contributed by atoms with Crippen molar-refractivity contribution in [3.05, 3.63) is 0 Å². The molecule has 0 nitrogen and oxygen atoms in total. The maximum atomic E-state index is 12.6. The molecule has 0 rings (SSSR count). The lowest BCUT2D eigenvalue weighted by Gasteiger charge is -2.36. The molecule has 0 N–H and O–H groups in total. The van der Waals surface area contributed by atoms with Gasteiger partial charge >= 0.3 is 28.5 Å². The third-order valence-electron chi connectivity index (χ3n) is 1.50. The molecule has 104 valence electrons. The molecule has 0 saturated heterocycles. The Hall–Kier alpha value is -0.120. The Morgan fingerprint density at radius 2 is 0.824 bits per heavy atom. The first-order valence-corrected chi connectivity index (χ1v) is 4.02. The van der Waals surface area contributed by atoms with E-state index < -0.39 is 28.5 Å². The highest BCUT2D eigenvalue weighted by atomic mass is 35.5. The van der Waals surface area contributed by atoms with Crippen molar-refractivity contribution < 1.29 is 43.9 Å². The molecule has 0 aliphatic carbocycles. The zero-order valence-corrected chi connectivity index (χ0v) is 8.55. The molecule has 0 aliphatic rings. The van der Waals surface area contributed by atoms with Crippen molar-refractivity contribution in [3.63, 3.8) is 0 Å². The molecule has 0 aromatic carbocycles. The van der Waals surface area contributed by atoms with Crippen molar-refractivity contribution in [2.24, 2.45) is 0 Å². The molecule has 1 atom stereocenters. The van der Waals surface area contributed by atoms with E-state index >= 15 is 0 Å². The summed E-state index contributed by atoms with van der Waals surface area (Å²) in [5, 5.41) is -12.0. The summed E-state index contributed by atoms with van der Waals surface area (Å²) in [6, 6.07) is 0. The molecule has 0 radical (unpaired) electrons. The quantitative estimate of drug-likeness (QED) is 0.528. The summed E-state index contributed by atoms with van der Waals surface area (Å²) >= 11 is 7.36. The fraction of sp³-hybridized carbons (Fsp3) is 1.00. The average molecular weight is 321 g/mol. The van der Waals surface area contributed by atoms with Gasteiger partial charge in [0.2, 0.25) is 0 Å². The summed E-state index contributed by atoms with van der Waals surface area (Å²) in [5.74, 6) is -14.1. The first kappa shape index (κ1) is 16.9. The zero-order chi connectivity index (χ0) is 14.5. The van der Waals surface area contributed by atoms with Crippen LogP contribution < -0.4 is 0 Å². The van der Waals surface area contributed by atoms with Crippen LogP contribution >= 0.6 is 23.2 Å². The number of rotatable bonds is 3. The molecule has 0 heterocycles. The van der Waals surface area contributed by atoms with E-state index in [1.165, 1.54) is 0 Å². The van der Waals surface area contributed by atoms with Gasteiger partial charge in [0.1, 0.15) is 0 Å². The first-order valence-electron chi connectivity index (χ1n) is 3.27. The van der Waals surface area contributed by atoms with Crippen molar-refractivity contribution >= 4 is 23.2 Å². The van der Waals surface area contributed by atoms with Gasteiger partial charge in [0.25, 0.3) is 0 Å². The van der Waals surface area contributed by atoms with Crippen LogP contribution in [-0.4, -0.2) is 28.5 Å². The molecule has 17 heavy (non-hydrogen) atoms. The Morgan fingerprint density at radius 1 is 0.529 bits per heavy atom. The summed E-state index contributed by atoms with van der Waals surface area (Å²) in [6.45, 7) is 0. The van der Waals surface area contributed by atoms with Gasteiger partial charge < -0.3 is 0 Å². The Labute approximate surface area is 96.5 Å². The van der Waals surface area contributed by atoms with Crippen LogP contribution in [0.5, 0.6) is 0 Å². The smallest absolute Gasteiger partial charge is 0.211 e. The maximum absolute atomic E-state index is 12.6. The third-order valence-corrected chi connectivity index (χ3v) is 2.33. The number of alkyl halides is 12. The predicted octanol–water partition coefficient (Wildman–Crippen LogP) is 4.56. The predicted molar refractivity (Wildman–Crippen MR) is 36.4 cm³/mol. The second-order valence-corrected chi connectivity index (χ2v) is 3.71. The highest BCUT2D eigenvalue weighted by Crippen LogP contribution is 2.59. The maximum Gasteiger partial charge on any atom is 0.460 e. The van der Waals surface area contributed by atoms with E-state index in [2.05, 4.69) is 23.2 Å². The first-order chi connectivity index (χ1) is 7.00. The minimum absolute atomic E-state index is 3.64. The fourth-order valence-electron chi connectivity index (χ4n) is 0.553. The van der Waals surface area contributed by atoms with Crippen LogP contribution in [0.15, 0.2) is 0 Å². The van der Waals surface area contributed by atoms with Crippen LogP contribution in [0.3, 0.4) is 0 Å². The van der Waals surface area contributed by atoms with Crippen LogP contribution in [0.1, 0.15) is 0 Å². The second-order valence-electron chi connectivity index (χ2n) is 2.72. The second kappa shape index (κ2) is 3.94. The average Bonchev–Trinajstić information content (AvgIpc) is 1.98. The van der Waals surface area contributed by atoms with Gasteiger partial charge in [-0.2, -0.15) is 39.5 Å². The molecule has 12 heteroatoms. The largest absolute Gasteiger partial charge is 0.460 e. The summed E-state index contributed by atoms with van der Waals surface area (Å²) < 4.78 is 120. The lowest BCUT2D eigenvalue weighted by atomic mass is 10.1. The van der Waals surface area contributed by atoms with E-state index in [0.717, 1.165) is 0 Å². The van der Waals surface area contributed by atoms with Crippen molar-refractivity contribution in [1.82, 2.24) is 0 Å². The van der Waals surface area contributed by atoms with E-state index in [1.54, 1.807) is 0 Å². The molecule has 0 fully saturated rings. The molecule has 0 aliphatic heterocycles. The van der Waals surface area contributed by atoms with E-state index in [9.17, 15) is 43.9 Å². The Bertz CT molecular complexity index is 258. The highest BCUT2D eigenvalue weighted by molar-refractivity contribution is 6.33. The van der Waals surface area contributed by atoms with Crippen LogP contribution in [0.25, 0.3) is 0 Å². The molecule has 0 spiro atoms. The van der Waals surface area contributed by atoms with E-state index in [-0.39, 0.29) is 0 Å². The van der Waals surface area contributed by atoms with Gasteiger partial charge in [0.15, 0.2) is 0 Å². The minimum atomic E-state index is -7.13. The molecule has 0 aromatic rings. The SMILES string of the molecule is FC(F)(F)C(F)(F)C(F)(F)C(F)(Cl)C(F)(F)Cl. The van der Waals surface area contributed by atoms with Crippen LogP contribution in [0, 0.1) is 0 Å². The fourth-order valence-corrected chi connectivity index (χ4v) is 0.791. The molecular weight excluding hydrogens is 321 g/mol. The van der Waals surface area contributed by atoms with Gasteiger partial charge in [-0.1, -0.05) is 11.6 Å². The van der Waals surface area contributed by atoms with Crippen molar-refractivity contribution in [3.8, 4) is 0 Å². The third kappa shape index (κ3) is 2.38. The van der Waals surface area contributed by atoms with Crippen molar-refractivity contribution in [1.29, 1.82) is 0 Å². The van der Waals surface area contributed by atoms with Gasteiger partial charge in [-0.3, -0.25) is 0 Å². The molecular formula is C5Cl2F10. The molecule has 0 aromatic heterocycles. The van der Waals surface area contributed by atoms with Crippen LogP contribution in [0.4, 0.5) is 43.9 Å². The Kier molecular flexibility index (Phi) is 3.91. The van der Waals surface area contributed by atoms with Crippen LogP contribution in [-0.2, 0) is 0 Å². The topological polar surface area (TPSA) is 0 Å². The molecule has 0 bridgehead atoms. The Morgan fingerprint density at radius 3 is 1.00 bits per heavy atom. The van der Waals surface area contributed by atoms with Gasteiger partial charge in [-0.05, 0) is 11.6 Å². The van der Waals surface area contributed by atoms with E-state index in [1.807, 2.05) is 0 Å². The van der Waals surface area contributed by atoms with Gasteiger partial charge in [-0.25, -0.2) is 4.39 Å². The Balaban J connectivity index is 5.73. The van der Waals surface area contributed by atoms with Crippen LogP contribution in [0.2, 0.25) is 0 Å². The zero-order valence-electron chi connectivity index (χ0n) is 7.04. The molecule has 0 amide bonds. The number of hydrogen-bond donors (Lipinski definition) is 0. The number of halogens is 12. The highest BCUT2D eigenvalue weighted by Gasteiger charge is 2.85. The van der Waals surface area contributed by atoms with Gasteiger partial charge in [0.05, 0.1) is 0 Å². The number of hydrogen-bond acceptors (Lipinski definition) is 0.